The molecule has 0 spiro atoms. The third kappa shape index (κ3) is 3.69. The normalized spacial score (nSPS) is 15.4. The summed E-state index contributed by atoms with van der Waals surface area (Å²) in [6.07, 6.45) is 6.21. The Balaban J connectivity index is 1.81. The van der Waals surface area contributed by atoms with Crippen LogP contribution in [0.15, 0.2) is 57.7 Å². The lowest BCUT2D eigenvalue weighted by molar-refractivity contribution is 0.154. The van der Waals surface area contributed by atoms with E-state index in [9.17, 15) is 9.90 Å². The van der Waals surface area contributed by atoms with Gasteiger partial charge in [0.2, 0.25) is 0 Å². The predicted octanol–water partition coefficient (Wildman–Crippen LogP) is 5.32. The number of phenols is 1. The molecule has 0 atom stereocenters. The number of benzene rings is 2. The SMILES string of the molecule is CCN(Cc1c(O)ccc2c(-c3ccccc3)cc(=O)oc12)C1CCCCC1. The average Bonchev–Trinajstić information content (AvgIpc) is 2.74. The Kier molecular flexibility index (Phi) is 5.49. The Bertz CT molecular complexity index is 1000. The minimum absolute atomic E-state index is 0.190. The Morgan fingerprint density at radius 1 is 1.07 bits per heavy atom. The molecule has 4 rings (SSSR count). The molecule has 4 nitrogen and oxygen atoms in total. The van der Waals surface area contributed by atoms with Gasteiger partial charge >= 0.3 is 5.63 Å². The van der Waals surface area contributed by atoms with E-state index in [4.69, 9.17) is 4.42 Å². The van der Waals surface area contributed by atoms with Crippen molar-refractivity contribution in [3.63, 3.8) is 0 Å². The van der Waals surface area contributed by atoms with Crippen molar-refractivity contribution >= 4 is 11.0 Å². The van der Waals surface area contributed by atoms with E-state index < -0.39 is 0 Å². The van der Waals surface area contributed by atoms with E-state index in [1.54, 1.807) is 6.07 Å². The molecule has 0 bridgehead atoms. The van der Waals surface area contributed by atoms with Crippen LogP contribution >= 0.6 is 0 Å². The van der Waals surface area contributed by atoms with Gasteiger partial charge in [-0.3, -0.25) is 4.90 Å². The van der Waals surface area contributed by atoms with Crippen molar-refractivity contribution in [2.75, 3.05) is 6.54 Å². The molecule has 1 fully saturated rings. The largest absolute Gasteiger partial charge is 0.507 e. The molecule has 1 N–H and O–H groups in total. The molecule has 1 aliphatic carbocycles. The van der Waals surface area contributed by atoms with E-state index in [2.05, 4.69) is 11.8 Å². The van der Waals surface area contributed by atoms with E-state index in [0.29, 0.717) is 23.7 Å². The van der Waals surface area contributed by atoms with Crippen LogP contribution in [0.1, 0.15) is 44.6 Å². The fourth-order valence-electron chi connectivity index (χ4n) is 4.43. The van der Waals surface area contributed by atoms with Crippen LogP contribution in [-0.4, -0.2) is 22.6 Å². The second-order valence-corrected chi connectivity index (χ2v) is 7.64. The van der Waals surface area contributed by atoms with Crippen LogP contribution in [-0.2, 0) is 6.54 Å². The minimum Gasteiger partial charge on any atom is -0.507 e. The van der Waals surface area contributed by atoms with Crippen LogP contribution < -0.4 is 5.63 Å². The molecule has 2 aromatic carbocycles. The molecule has 1 saturated carbocycles. The van der Waals surface area contributed by atoms with Crippen LogP contribution in [0.25, 0.3) is 22.1 Å². The van der Waals surface area contributed by atoms with E-state index >= 15 is 0 Å². The molecule has 28 heavy (non-hydrogen) atoms. The summed E-state index contributed by atoms with van der Waals surface area (Å²) in [6.45, 7) is 3.65. The van der Waals surface area contributed by atoms with Crippen molar-refractivity contribution in [2.45, 2.75) is 51.6 Å². The van der Waals surface area contributed by atoms with Gasteiger partial charge in [-0.25, -0.2) is 4.79 Å². The number of hydrogen-bond donors (Lipinski definition) is 1. The van der Waals surface area contributed by atoms with Crippen LogP contribution in [0, 0.1) is 0 Å². The van der Waals surface area contributed by atoms with Crippen molar-refractivity contribution in [3.05, 3.63) is 64.5 Å². The van der Waals surface area contributed by atoms with Crippen molar-refractivity contribution in [2.24, 2.45) is 0 Å². The second kappa shape index (κ2) is 8.19. The summed E-state index contributed by atoms with van der Waals surface area (Å²) >= 11 is 0. The molecule has 146 valence electrons. The number of rotatable bonds is 5. The molecule has 4 heteroatoms. The average molecular weight is 377 g/mol. The predicted molar refractivity (Wildman–Crippen MR) is 113 cm³/mol. The molecule has 3 aromatic rings. The summed E-state index contributed by atoms with van der Waals surface area (Å²) in [5.74, 6) is 0.190. The molecular formula is C24H27NO3. The maximum absolute atomic E-state index is 12.3. The van der Waals surface area contributed by atoms with Gasteiger partial charge in [-0.2, -0.15) is 0 Å². The van der Waals surface area contributed by atoms with Crippen molar-refractivity contribution in [3.8, 4) is 16.9 Å². The summed E-state index contributed by atoms with van der Waals surface area (Å²) in [7, 11) is 0. The molecule has 1 aliphatic rings. The van der Waals surface area contributed by atoms with E-state index in [1.165, 1.54) is 38.2 Å². The Labute approximate surface area is 165 Å². The first-order valence-corrected chi connectivity index (χ1v) is 10.3. The number of aromatic hydroxyl groups is 1. The first-order valence-electron chi connectivity index (χ1n) is 10.3. The zero-order valence-electron chi connectivity index (χ0n) is 16.4. The summed E-state index contributed by atoms with van der Waals surface area (Å²) in [5.41, 5.74) is 2.63. The fraction of sp³-hybridized carbons (Fsp3) is 0.375. The molecule has 0 saturated heterocycles. The summed E-state index contributed by atoms with van der Waals surface area (Å²) in [4.78, 5) is 14.7. The highest BCUT2D eigenvalue weighted by molar-refractivity contribution is 5.95. The molecule has 0 aliphatic heterocycles. The van der Waals surface area contributed by atoms with Crippen molar-refractivity contribution in [1.82, 2.24) is 4.90 Å². The van der Waals surface area contributed by atoms with Crippen LogP contribution in [0.4, 0.5) is 0 Å². The first kappa shape index (κ1) is 18.8. The summed E-state index contributed by atoms with van der Waals surface area (Å²) in [6, 6.07) is 15.5. The lowest BCUT2D eigenvalue weighted by Gasteiger charge is -2.33. The second-order valence-electron chi connectivity index (χ2n) is 7.64. The molecule has 1 heterocycles. The topological polar surface area (TPSA) is 53.7 Å². The maximum Gasteiger partial charge on any atom is 0.336 e. The lowest BCUT2D eigenvalue weighted by Crippen LogP contribution is -2.36. The monoisotopic (exact) mass is 377 g/mol. The van der Waals surface area contributed by atoms with Gasteiger partial charge in [-0.15, -0.1) is 0 Å². The number of fused-ring (bicyclic) bond motifs is 1. The highest BCUT2D eigenvalue weighted by atomic mass is 16.4. The zero-order valence-corrected chi connectivity index (χ0v) is 16.4. The minimum atomic E-state index is -0.390. The number of hydrogen-bond acceptors (Lipinski definition) is 4. The maximum atomic E-state index is 12.3. The highest BCUT2D eigenvalue weighted by Crippen LogP contribution is 2.35. The Morgan fingerprint density at radius 3 is 2.54 bits per heavy atom. The molecule has 0 radical (unpaired) electrons. The third-order valence-electron chi connectivity index (χ3n) is 5.93. The van der Waals surface area contributed by atoms with Gasteiger partial charge in [-0.05, 0) is 42.6 Å². The molecular weight excluding hydrogens is 350 g/mol. The number of nitrogens with zero attached hydrogens (tertiary/aromatic N) is 1. The van der Waals surface area contributed by atoms with Gasteiger partial charge in [0.1, 0.15) is 11.3 Å². The molecule has 0 unspecified atom stereocenters. The van der Waals surface area contributed by atoms with Gasteiger partial charge in [0, 0.05) is 24.0 Å². The first-order chi connectivity index (χ1) is 13.7. The summed E-state index contributed by atoms with van der Waals surface area (Å²) < 4.78 is 5.63. The quantitative estimate of drug-likeness (QED) is 0.612. The van der Waals surface area contributed by atoms with E-state index in [1.807, 2.05) is 36.4 Å². The van der Waals surface area contributed by atoms with Gasteiger partial charge in [-0.1, -0.05) is 56.5 Å². The van der Waals surface area contributed by atoms with Crippen molar-refractivity contribution in [1.29, 1.82) is 0 Å². The Morgan fingerprint density at radius 2 is 1.82 bits per heavy atom. The smallest absolute Gasteiger partial charge is 0.336 e. The van der Waals surface area contributed by atoms with E-state index in [0.717, 1.165) is 23.1 Å². The van der Waals surface area contributed by atoms with Crippen LogP contribution in [0.2, 0.25) is 0 Å². The Hall–Kier alpha value is -2.59. The van der Waals surface area contributed by atoms with Gasteiger partial charge in [0.05, 0.1) is 5.56 Å². The third-order valence-corrected chi connectivity index (χ3v) is 5.93. The van der Waals surface area contributed by atoms with Crippen LogP contribution in [0.3, 0.4) is 0 Å². The zero-order chi connectivity index (χ0) is 19.5. The summed E-state index contributed by atoms with van der Waals surface area (Å²) in [5, 5.41) is 11.5. The highest BCUT2D eigenvalue weighted by Gasteiger charge is 2.23. The standard InChI is InChI=1S/C24H27NO3/c1-2-25(18-11-7-4-8-12-18)16-21-22(26)14-13-19-20(15-23(27)28-24(19)21)17-9-5-3-6-10-17/h3,5-6,9-10,13-15,18,26H,2,4,7-8,11-12,16H2,1H3. The van der Waals surface area contributed by atoms with Gasteiger partial charge < -0.3 is 9.52 Å². The fourth-order valence-corrected chi connectivity index (χ4v) is 4.43. The molecule has 0 amide bonds. The van der Waals surface area contributed by atoms with E-state index in [-0.39, 0.29) is 11.4 Å². The number of phenolic OH excluding ortho intramolecular Hbond substituents is 1. The van der Waals surface area contributed by atoms with Crippen molar-refractivity contribution < 1.29 is 9.52 Å². The van der Waals surface area contributed by atoms with Crippen LogP contribution in [0.5, 0.6) is 5.75 Å². The molecule has 1 aromatic heterocycles. The van der Waals surface area contributed by atoms with Gasteiger partial charge in [0.15, 0.2) is 0 Å². The lowest BCUT2D eigenvalue weighted by atomic mass is 9.93. The van der Waals surface area contributed by atoms with Gasteiger partial charge in [0.25, 0.3) is 0 Å².